The number of nitrogens with one attached hydrogen (secondary N) is 1. The molecule has 0 radical (unpaired) electrons. The van der Waals surface area contributed by atoms with Gasteiger partial charge in [-0.05, 0) is 24.5 Å². The van der Waals surface area contributed by atoms with Gasteiger partial charge in [0.15, 0.2) is 0 Å². The van der Waals surface area contributed by atoms with E-state index in [1.54, 1.807) is 7.11 Å². The zero-order valence-corrected chi connectivity index (χ0v) is 13.3. The third-order valence-corrected chi connectivity index (χ3v) is 4.33. The maximum Gasteiger partial charge on any atom is 0.231 e. The van der Waals surface area contributed by atoms with E-state index < -0.39 is 0 Å². The molecule has 1 aromatic rings. The lowest BCUT2D eigenvalue weighted by Crippen LogP contribution is -2.46. The summed E-state index contributed by atoms with van der Waals surface area (Å²) in [5.74, 6) is 0.127. The highest BCUT2D eigenvalue weighted by molar-refractivity contribution is 5.85. The molecule has 0 fully saturated rings. The van der Waals surface area contributed by atoms with Crippen molar-refractivity contribution >= 4 is 5.91 Å². The Labute approximate surface area is 127 Å². The smallest absolute Gasteiger partial charge is 0.231 e. The van der Waals surface area contributed by atoms with Crippen LogP contribution in [0.1, 0.15) is 37.3 Å². The topological polar surface area (TPSA) is 41.6 Å². The van der Waals surface area contributed by atoms with E-state index >= 15 is 0 Å². The summed E-state index contributed by atoms with van der Waals surface area (Å²) < 4.78 is 5.16. The third kappa shape index (κ3) is 3.63. The van der Waals surface area contributed by atoms with Gasteiger partial charge in [-0.2, -0.15) is 0 Å². The normalized spacial score (nSPS) is 18.9. The predicted octanol–water partition coefficient (Wildman–Crippen LogP) is 2.15. The van der Waals surface area contributed by atoms with Crippen molar-refractivity contribution in [2.45, 2.75) is 38.8 Å². The highest BCUT2D eigenvalue weighted by Gasteiger charge is 2.31. The molecule has 21 heavy (non-hydrogen) atoms. The molecule has 0 saturated heterocycles. The molecule has 1 aliphatic heterocycles. The number of benzene rings is 1. The highest BCUT2D eigenvalue weighted by atomic mass is 16.5. The monoisotopic (exact) mass is 290 g/mol. The molecule has 0 aliphatic carbocycles. The van der Waals surface area contributed by atoms with Crippen LogP contribution in [0.3, 0.4) is 0 Å². The van der Waals surface area contributed by atoms with Crippen molar-refractivity contribution in [1.82, 2.24) is 10.2 Å². The minimum atomic E-state index is -0.0826. The molecule has 4 heteroatoms. The Morgan fingerprint density at radius 2 is 2.24 bits per heavy atom. The van der Waals surface area contributed by atoms with Gasteiger partial charge >= 0.3 is 0 Å². The van der Waals surface area contributed by atoms with Gasteiger partial charge in [-0.15, -0.1) is 0 Å². The molecule has 1 aliphatic rings. The van der Waals surface area contributed by atoms with Crippen LogP contribution in [-0.2, 0) is 16.1 Å². The Balaban J connectivity index is 2.21. The summed E-state index contributed by atoms with van der Waals surface area (Å²) in [5.41, 5.74) is 2.41. The van der Waals surface area contributed by atoms with Gasteiger partial charge in [-0.3, -0.25) is 4.79 Å². The molecule has 1 amide bonds. The molecular weight excluding hydrogens is 264 g/mol. The average molecular weight is 290 g/mol. The van der Waals surface area contributed by atoms with Gasteiger partial charge in [0, 0.05) is 32.8 Å². The summed E-state index contributed by atoms with van der Waals surface area (Å²) >= 11 is 0. The zero-order chi connectivity index (χ0) is 15.2. The van der Waals surface area contributed by atoms with E-state index in [0.717, 1.165) is 19.5 Å². The van der Waals surface area contributed by atoms with Gasteiger partial charge in [0.05, 0.1) is 12.5 Å². The van der Waals surface area contributed by atoms with Crippen LogP contribution in [0.15, 0.2) is 24.3 Å². The fourth-order valence-electron chi connectivity index (χ4n) is 2.87. The number of amides is 1. The maximum absolute atomic E-state index is 13.0. The number of hydrogen-bond donors (Lipinski definition) is 1. The van der Waals surface area contributed by atoms with E-state index in [2.05, 4.69) is 31.3 Å². The second-order valence-electron chi connectivity index (χ2n) is 5.66. The number of methoxy groups -OCH3 is 1. The van der Waals surface area contributed by atoms with Crippen molar-refractivity contribution in [1.29, 1.82) is 0 Å². The Morgan fingerprint density at radius 1 is 1.48 bits per heavy atom. The maximum atomic E-state index is 13.0. The lowest BCUT2D eigenvalue weighted by molar-refractivity contribution is -0.135. The molecule has 1 heterocycles. The summed E-state index contributed by atoms with van der Waals surface area (Å²) in [7, 11) is 1.68. The Bertz CT molecular complexity index is 476. The molecule has 4 nitrogen and oxygen atoms in total. The summed E-state index contributed by atoms with van der Waals surface area (Å²) in [6, 6.07) is 8.48. The first kappa shape index (κ1) is 16.0. The Morgan fingerprint density at radius 3 is 2.95 bits per heavy atom. The molecule has 1 aromatic carbocycles. The molecule has 0 spiro atoms. The number of hydrogen-bond acceptors (Lipinski definition) is 3. The lowest BCUT2D eigenvalue weighted by atomic mass is 9.89. The lowest BCUT2D eigenvalue weighted by Gasteiger charge is -2.34. The number of ether oxygens (including phenoxy) is 1. The minimum Gasteiger partial charge on any atom is -0.383 e. The van der Waals surface area contributed by atoms with Gasteiger partial charge < -0.3 is 15.0 Å². The summed E-state index contributed by atoms with van der Waals surface area (Å²) in [6.07, 6.45) is 0.956. The van der Waals surface area contributed by atoms with Crippen LogP contribution in [0.4, 0.5) is 0 Å². The van der Waals surface area contributed by atoms with Crippen LogP contribution < -0.4 is 5.32 Å². The Hall–Kier alpha value is -1.39. The van der Waals surface area contributed by atoms with Gasteiger partial charge in [-0.1, -0.05) is 31.2 Å². The molecule has 1 N–H and O–H groups in total. The van der Waals surface area contributed by atoms with E-state index in [0.29, 0.717) is 13.2 Å². The van der Waals surface area contributed by atoms with Crippen LogP contribution in [0.5, 0.6) is 0 Å². The third-order valence-electron chi connectivity index (χ3n) is 4.33. The van der Waals surface area contributed by atoms with Crippen LogP contribution >= 0.6 is 0 Å². The second-order valence-corrected chi connectivity index (χ2v) is 5.66. The summed E-state index contributed by atoms with van der Waals surface area (Å²) in [6.45, 7) is 7.03. The first-order valence-electron chi connectivity index (χ1n) is 7.77. The predicted molar refractivity (Wildman–Crippen MR) is 84.2 cm³/mol. The molecule has 0 bridgehead atoms. The van der Waals surface area contributed by atoms with E-state index in [4.69, 9.17) is 4.74 Å². The van der Waals surface area contributed by atoms with Crippen LogP contribution in [0.25, 0.3) is 0 Å². The number of fused-ring (bicyclic) bond motifs is 1. The second kappa shape index (κ2) is 7.57. The largest absolute Gasteiger partial charge is 0.383 e. The van der Waals surface area contributed by atoms with E-state index in [-0.39, 0.29) is 17.9 Å². The molecular formula is C17H26N2O2. The Kier molecular flexibility index (Phi) is 5.76. The zero-order valence-electron chi connectivity index (χ0n) is 13.3. The molecule has 2 rings (SSSR count). The molecule has 116 valence electrons. The number of carbonyl (C=O) groups is 1. The standard InChI is InChI=1S/C17H26N2O2/c1-4-13(2)19(9-10-21-3)17(20)16-12-18-11-14-7-5-6-8-15(14)16/h5-8,13,16,18H,4,9-12H2,1-3H3. The van der Waals surface area contributed by atoms with Gasteiger partial charge in [0.1, 0.15) is 0 Å². The van der Waals surface area contributed by atoms with Crippen molar-refractivity contribution in [3.05, 3.63) is 35.4 Å². The molecule has 0 aromatic heterocycles. The van der Waals surface area contributed by atoms with Crippen LogP contribution in [0.2, 0.25) is 0 Å². The summed E-state index contributed by atoms with van der Waals surface area (Å²) in [5, 5.41) is 3.36. The SMILES string of the molecule is CCC(C)N(CCOC)C(=O)C1CNCc2ccccc21. The van der Waals surface area contributed by atoms with Crippen molar-refractivity contribution in [2.75, 3.05) is 26.8 Å². The first-order chi connectivity index (χ1) is 10.2. The summed E-state index contributed by atoms with van der Waals surface area (Å²) in [4.78, 5) is 15.0. The van der Waals surface area contributed by atoms with Gasteiger partial charge in [0.25, 0.3) is 0 Å². The fourth-order valence-corrected chi connectivity index (χ4v) is 2.87. The van der Waals surface area contributed by atoms with Crippen LogP contribution in [-0.4, -0.2) is 43.7 Å². The van der Waals surface area contributed by atoms with Gasteiger partial charge in [-0.25, -0.2) is 0 Å². The minimum absolute atomic E-state index is 0.0826. The van der Waals surface area contributed by atoms with Crippen molar-refractivity contribution in [3.63, 3.8) is 0 Å². The van der Waals surface area contributed by atoms with Crippen molar-refractivity contribution in [3.8, 4) is 0 Å². The molecule has 0 saturated carbocycles. The van der Waals surface area contributed by atoms with E-state index in [1.807, 2.05) is 17.0 Å². The number of rotatable bonds is 6. The van der Waals surface area contributed by atoms with Crippen LogP contribution in [0, 0.1) is 0 Å². The van der Waals surface area contributed by atoms with E-state index in [1.165, 1.54) is 11.1 Å². The van der Waals surface area contributed by atoms with Crippen molar-refractivity contribution < 1.29 is 9.53 Å². The first-order valence-corrected chi connectivity index (χ1v) is 7.77. The average Bonchev–Trinajstić information content (AvgIpc) is 2.54. The fraction of sp³-hybridized carbons (Fsp3) is 0.588. The molecule has 2 atom stereocenters. The van der Waals surface area contributed by atoms with Gasteiger partial charge in [0.2, 0.25) is 5.91 Å². The number of carbonyl (C=O) groups excluding carboxylic acids is 1. The highest BCUT2D eigenvalue weighted by Crippen LogP contribution is 2.26. The quantitative estimate of drug-likeness (QED) is 0.873. The van der Waals surface area contributed by atoms with Crippen molar-refractivity contribution in [2.24, 2.45) is 0 Å². The van der Waals surface area contributed by atoms with E-state index in [9.17, 15) is 4.79 Å². The molecule has 2 unspecified atom stereocenters. The number of nitrogens with zero attached hydrogens (tertiary/aromatic N) is 1.